The summed E-state index contributed by atoms with van der Waals surface area (Å²) >= 11 is 2.19. The van der Waals surface area contributed by atoms with Crippen LogP contribution in [-0.4, -0.2) is 44.9 Å². The lowest BCUT2D eigenvalue weighted by molar-refractivity contribution is -0.363. The Morgan fingerprint density at radius 3 is 2.42 bits per heavy atom. The number of aryl methyl sites for hydroxylation is 2. The maximum atomic E-state index is 15.9. The zero-order valence-corrected chi connectivity index (χ0v) is 24.8. The number of fused-ring (bicyclic) bond motifs is 2. The van der Waals surface area contributed by atoms with Crippen LogP contribution >= 0.6 is 22.6 Å². The quantitative estimate of drug-likeness (QED) is 0.208. The number of rotatable bonds is 5. The Morgan fingerprint density at radius 2 is 1.80 bits per heavy atom. The number of halogens is 3. The van der Waals surface area contributed by atoms with E-state index in [2.05, 4.69) is 27.9 Å². The van der Waals surface area contributed by atoms with Crippen LogP contribution in [0.15, 0.2) is 71.9 Å². The second-order valence-electron chi connectivity index (χ2n) is 10.7. The van der Waals surface area contributed by atoms with Crippen molar-refractivity contribution in [3.05, 3.63) is 104 Å². The number of nitrogens with zero attached hydrogens (tertiary/aromatic N) is 3. The number of hydrogen-bond acceptors (Lipinski definition) is 2. The van der Waals surface area contributed by atoms with E-state index >= 15 is 8.63 Å². The fraction of sp³-hybridized carbons (Fsp3) is 0.233. The van der Waals surface area contributed by atoms with Gasteiger partial charge in [0.2, 0.25) is 5.91 Å². The minimum Gasteiger partial charge on any atom is -0.393 e. The maximum absolute atomic E-state index is 15.9. The van der Waals surface area contributed by atoms with Gasteiger partial charge >= 0.3 is 6.97 Å². The zero-order chi connectivity index (χ0) is 28.5. The van der Waals surface area contributed by atoms with Gasteiger partial charge in [-0.1, -0.05) is 24.3 Å². The molecule has 1 aromatic heterocycles. The van der Waals surface area contributed by atoms with Gasteiger partial charge < -0.3 is 27.8 Å². The molecule has 3 aromatic rings. The van der Waals surface area contributed by atoms with Crippen molar-refractivity contribution < 1.29 is 22.7 Å². The minimum absolute atomic E-state index is 0.0520. The summed E-state index contributed by atoms with van der Waals surface area (Å²) < 4.78 is 35.1. The van der Waals surface area contributed by atoms with Crippen LogP contribution < -0.4 is 5.32 Å². The molecule has 204 valence electrons. The Hall–Kier alpha value is -3.54. The van der Waals surface area contributed by atoms with Crippen LogP contribution in [0.2, 0.25) is 0 Å². The van der Waals surface area contributed by atoms with Gasteiger partial charge in [0.1, 0.15) is 11.8 Å². The smallest absolute Gasteiger partial charge is 0.393 e. The van der Waals surface area contributed by atoms with Crippen molar-refractivity contribution in [2.75, 3.05) is 11.9 Å². The number of benzene rings is 2. The molecule has 6 nitrogen and oxygen atoms in total. The number of hydrogen-bond donors (Lipinski definition) is 1. The summed E-state index contributed by atoms with van der Waals surface area (Å²) in [6, 6.07) is 15.9. The molecule has 0 aliphatic carbocycles. The summed E-state index contributed by atoms with van der Waals surface area (Å²) in [6.07, 6.45) is 2.24. The summed E-state index contributed by atoms with van der Waals surface area (Å²) in [6.45, 7) is 3.64. The van der Waals surface area contributed by atoms with Gasteiger partial charge in [-0.15, -0.1) is 0 Å². The highest BCUT2D eigenvalue weighted by Gasteiger charge is 2.55. The van der Waals surface area contributed by atoms with Gasteiger partial charge in [-0.25, -0.2) is 0 Å². The van der Waals surface area contributed by atoms with Crippen molar-refractivity contribution in [1.82, 2.24) is 9.38 Å². The van der Waals surface area contributed by atoms with Crippen LogP contribution in [0.4, 0.5) is 14.3 Å². The first kappa shape index (κ1) is 26.7. The van der Waals surface area contributed by atoms with Crippen LogP contribution in [-0.2, 0) is 9.59 Å². The van der Waals surface area contributed by atoms with Gasteiger partial charge in [0, 0.05) is 46.5 Å². The topological polar surface area (TPSA) is 57.4 Å². The van der Waals surface area contributed by atoms with E-state index in [4.69, 9.17) is 0 Å². The highest BCUT2D eigenvalue weighted by molar-refractivity contribution is 14.1. The summed E-state index contributed by atoms with van der Waals surface area (Å²) in [5.74, 6) is -0.347. The van der Waals surface area contributed by atoms with Crippen molar-refractivity contribution in [3.63, 3.8) is 0 Å². The molecule has 0 bridgehead atoms. The predicted molar refractivity (Wildman–Crippen MR) is 161 cm³/mol. The van der Waals surface area contributed by atoms with Gasteiger partial charge in [-0.2, -0.15) is 0 Å². The average molecular weight is 652 g/mol. The van der Waals surface area contributed by atoms with E-state index in [1.807, 2.05) is 50.2 Å². The van der Waals surface area contributed by atoms with Crippen molar-refractivity contribution >= 4 is 58.3 Å². The molecule has 3 aliphatic rings. The Labute approximate surface area is 245 Å². The number of β-lactam (4-membered cyclic amide) rings is 1. The summed E-state index contributed by atoms with van der Waals surface area (Å²) in [4.78, 5) is 27.4. The lowest BCUT2D eigenvalue weighted by Gasteiger charge is -2.37. The van der Waals surface area contributed by atoms with Gasteiger partial charge in [0.05, 0.1) is 5.57 Å². The van der Waals surface area contributed by atoms with Crippen LogP contribution in [0, 0.1) is 17.4 Å². The molecule has 0 spiro atoms. The third kappa shape index (κ3) is 4.06. The summed E-state index contributed by atoms with van der Waals surface area (Å²) in [7, 11) is 0. The largest absolute Gasteiger partial charge is 0.737 e. The maximum Gasteiger partial charge on any atom is 0.737 e. The summed E-state index contributed by atoms with van der Waals surface area (Å²) in [5.41, 5.74) is 6.47. The SMILES string of the molecule is CC1=CC(C)=[N+]2C1=C(c1ccc(NC(=O)C(c3cccc(I)c3)N3CCC3=O)cc1)c1c(C)cc(C)n1[B-]2(F)F. The number of anilines is 1. The van der Waals surface area contributed by atoms with E-state index in [9.17, 15) is 9.59 Å². The van der Waals surface area contributed by atoms with Crippen molar-refractivity contribution in [3.8, 4) is 0 Å². The van der Waals surface area contributed by atoms with Crippen LogP contribution in [0.25, 0.3) is 5.57 Å². The van der Waals surface area contributed by atoms with E-state index < -0.39 is 13.0 Å². The number of nitrogens with one attached hydrogen (secondary N) is 1. The minimum atomic E-state index is -4.04. The second-order valence-corrected chi connectivity index (χ2v) is 11.9. The number of amides is 2. The molecule has 1 unspecified atom stereocenters. The van der Waals surface area contributed by atoms with Crippen molar-refractivity contribution in [2.24, 2.45) is 0 Å². The molecule has 3 aliphatic heterocycles. The average Bonchev–Trinajstić information content (AvgIpc) is 3.37. The number of carbonyl (C=O) groups excluding carboxylic acids is 2. The highest BCUT2D eigenvalue weighted by Crippen LogP contribution is 2.44. The second kappa shape index (κ2) is 9.54. The normalized spacial score (nSPS) is 18.3. The molecule has 6 rings (SSSR count). The molecule has 1 atom stereocenters. The number of likely N-dealkylation sites (tertiary alicyclic amines) is 1. The lowest BCUT2D eigenvalue weighted by Crippen LogP contribution is -2.51. The van der Waals surface area contributed by atoms with Crippen molar-refractivity contribution in [2.45, 2.75) is 40.2 Å². The molecule has 40 heavy (non-hydrogen) atoms. The first-order valence-corrected chi connectivity index (χ1v) is 14.3. The third-order valence-corrected chi connectivity index (χ3v) is 8.66. The molecule has 0 radical (unpaired) electrons. The van der Waals surface area contributed by atoms with E-state index in [-0.39, 0.29) is 11.8 Å². The molecule has 1 fully saturated rings. The fourth-order valence-corrected chi connectivity index (χ4v) is 6.82. The Kier molecular flexibility index (Phi) is 6.36. The van der Waals surface area contributed by atoms with Gasteiger partial charge in [-0.05, 0) is 96.1 Å². The molecule has 10 heteroatoms. The molecular weight excluding hydrogens is 624 g/mol. The zero-order valence-electron chi connectivity index (χ0n) is 22.6. The first-order chi connectivity index (χ1) is 19.0. The molecule has 2 aromatic carbocycles. The highest BCUT2D eigenvalue weighted by atomic mass is 127. The van der Waals surface area contributed by atoms with E-state index in [0.29, 0.717) is 41.4 Å². The fourth-order valence-electron chi connectivity index (χ4n) is 6.26. The van der Waals surface area contributed by atoms with Gasteiger partial charge in [-0.3, -0.25) is 9.59 Å². The Morgan fingerprint density at radius 1 is 1.07 bits per heavy atom. The van der Waals surface area contributed by atoms with Crippen LogP contribution in [0.3, 0.4) is 0 Å². The first-order valence-electron chi connectivity index (χ1n) is 13.2. The van der Waals surface area contributed by atoms with Crippen LogP contribution in [0.5, 0.6) is 0 Å². The van der Waals surface area contributed by atoms with Gasteiger partial charge in [0.25, 0.3) is 5.91 Å². The summed E-state index contributed by atoms with van der Waals surface area (Å²) in [5, 5.41) is 2.97. The monoisotopic (exact) mass is 652 g/mol. The van der Waals surface area contributed by atoms with Crippen molar-refractivity contribution in [1.29, 1.82) is 0 Å². The molecule has 4 heterocycles. The predicted octanol–water partition coefficient (Wildman–Crippen LogP) is 6.05. The van der Waals surface area contributed by atoms with Gasteiger partial charge in [0.15, 0.2) is 5.70 Å². The Balaban J connectivity index is 1.37. The third-order valence-electron chi connectivity index (χ3n) is 7.99. The molecule has 2 amide bonds. The number of carbonyl (C=O) groups is 2. The molecule has 0 saturated carbocycles. The molecule has 1 saturated heterocycles. The lowest BCUT2D eigenvalue weighted by atomic mass is 9.84. The number of aromatic nitrogens is 1. The Bertz CT molecular complexity index is 1700. The van der Waals surface area contributed by atoms with E-state index in [1.165, 1.54) is 8.96 Å². The number of allylic oxidation sites excluding steroid dienone is 2. The van der Waals surface area contributed by atoms with E-state index in [1.54, 1.807) is 43.0 Å². The van der Waals surface area contributed by atoms with Crippen LogP contribution in [0.1, 0.15) is 54.4 Å². The molecule has 1 N–H and O–H groups in total. The molecular formula is C30H28BF2IN4O2. The van der Waals surface area contributed by atoms with E-state index in [0.717, 1.165) is 31.4 Å². The standard InChI is InChI=1S/C30H28BF2IN4O2/c1-17-14-19(3)37-27(17)26(28-18(2)15-20(4)38(28)31(37,32)33)21-8-10-24(11-9-21)35-30(40)29(36-13-12-25(36)39)22-6-5-7-23(34)16-22/h5-11,14-16,29H,12-13H2,1-4H3,(H,35,40).